The van der Waals surface area contributed by atoms with E-state index < -0.39 is 0 Å². The third-order valence-corrected chi connectivity index (χ3v) is 4.67. The molecule has 0 aliphatic heterocycles. The molecule has 0 unspecified atom stereocenters. The minimum absolute atomic E-state index is 0.308. The van der Waals surface area contributed by atoms with Gasteiger partial charge >= 0.3 is 0 Å². The lowest BCUT2D eigenvalue weighted by Crippen LogP contribution is -2.15. The van der Waals surface area contributed by atoms with Crippen molar-refractivity contribution in [3.63, 3.8) is 0 Å². The highest BCUT2D eigenvalue weighted by atomic mass is 16.5. The first-order chi connectivity index (χ1) is 10.8. The molecular formula is C18H21N3O. The zero-order chi connectivity index (χ0) is 14.9. The number of hydrogen-bond donors (Lipinski definition) is 0. The van der Waals surface area contributed by atoms with Crippen LogP contribution in [0, 0.1) is 0 Å². The van der Waals surface area contributed by atoms with Gasteiger partial charge in [0, 0.05) is 12.1 Å². The molecule has 0 spiro atoms. The van der Waals surface area contributed by atoms with Gasteiger partial charge in [0.1, 0.15) is 5.75 Å². The molecule has 2 aliphatic carbocycles. The summed E-state index contributed by atoms with van der Waals surface area (Å²) in [6.45, 7) is 0. The number of nitrogens with zero attached hydrogens (tertiary/aromatic N) is 3. The van der Waals surface area contributed by atoms with E-state index in [0.29, 0.717) is 12.0 Å². The van der Waals surface area contributed by atoms with Crippen LogP contribution in [0.4, 0.5) is 0 Å². The molecular weight excluding hydrogens is 274 g/mol. The highest BCUT2D eigenvalue weighted by Crippen LogP contribution is 2.40. The lowest BCUT2D eigenvalue weighted by atomic mass is 9.89. The molecule has 0 saturated heterocycles. The van der Waals surface area contributed by atoms with Crippen LogP contribution in [0.15, 0.2) is 36.5 Å². The van der Waals surface area contributed by atoms with E-state index >= 15 is 0 Å². The van der Waals surface area contributed by atoms with E-state index in [-0.39, 0.29) is 0 Å². The Bertz CT molecular complexity index is 683. The van der Waals surface area contributed by atoms with Crippen molar-refractivity contribution in [2.75, 3.05) is 7.11 Å². The summed E-state index contributed by atoms with van der Waals surface area (Å²) in [4.78, 5) is 0. The molecule has 0 bridgehead atoms. The SMILES string of the molecule is COc1ccc(C2=CCCC[C@H]2n2cc(C3CC3)nn2)cc1. The largest absolute Gasteiger partial charge is 0.497 e. The molecule has 1 saturated carbocycles. The minimum atomic E-state index is 0.308. The standard InChI is InChI=1S/C18H21N3O/c1-22-15-10-8-13(9-11-15)16-4-2-3-5-18(16)21-12-17(19-20-21)14-6-7-14/h4,8-12,14,18H,2-3,5-7H2,1H3/t18-/m1/s1. The quantitative estimate of drug-likeness (QED) is 0.856. The van der Waals surface area contributed by atoms with Gasteiger partial charge in [-0.1, -0.05) is 23.4 Å². The number of methoxy groups -OCH3 is 1. The summed E-state index contributed by atoms with van der Waals surface area (Å²) in [6, 6.07) is 8.64. The molecule has 0 radical (unpaired) electrons. The smallest absolute Gasteiger partial charge is 0.118 e. The first kappa shape index (κ1) is 13.6. The lowest BCUT2D eigenvalue weighted by molar-refractivity contribution is 0.414. The third kappa shape index (κ3) is 2.54. The molecule has 0 amide bonds. The van der Waals surface area contributed by atoms with Crippen molar-refractivity contribution in [1.82, 2.24) is 15.0 Å². The Morgan fingerprint density at radius 1 is 1.14 bits per heavy atom. The molecule has 4 nitrogen and oxygen atoms in total. The predicted octanol–water partition coefficient (Wildman–Crippen LogP) is 3.97. The van der Waals surface area contributed by atoms with Crippen LogP contribution in [0.3, 0.4) is 0 Å². The van der Waals surface area contributed by atoms with Gasteiger partial charge in [-0.3, -0.25) is 0 Å². The molecule has 22 heavy (non-hydrogen) atoms. The molecule has 1 aromatic heterocycles. The Morgan fingerprint density at radius 2 is 1.95 bits per heavy atom. The number of benzene rings is 1. The Labute approximate surface area is 130 Å². The van der Waals surface area contributed by atoms with Crippen LogP contribution in [0.25, 0.3) is 5.57 Å². The van der Waals surface area contributed by atoms with Gasteiger partial charge < -0.3 is 4.74 Å². The minimum Gasteiger partial charge on any atom is -0.497 e. The van der Waals surface area contributed by atoms with Gasteiger partial charge in [-0.15, -0.1) is 5.10 Å². The molecule has 1 atom stereocenters. The average Bonchev–Trinajstić information content (AvgIpc) is 3.32. The second-order valence-electron chi connectivity index (χ2n) is 6.23. The maximum Gasteiger partial charge on any atom is 0.118 e. The van der Waals surface area contributed by atoms with Crippen LogP contribution in [-0.4, -0.2) is 22.1 Å². The van der Waals surface area contributed by atoms with Crippen LogP contribution in [-0.2, 0) is 0 Å². The summed E-state index contributed by atoms with van der Waals surface area (Å²) in [7, 11) is 1.70. The average molecular weight is 295 g/mol. The van der Waals surface area contributed by atoms with E-state index in [1.807, 2.05) is 12.1 Å². The van der Waals surface area contributed by atoms with Crippen molar-refractivity contribution < 1.29 is 4.74 Å². The van der Waals surface area contributed by atoms with Gasteiger partial charge in [0.15, 0.2) is 0 Å². The van der Waals surface area contributed by atoms with Crippen molar-refractivity contribution >= 4 is 5.57 Å². The van der Waals surface area contributed by atoms with E-state index in [1.54, 1.807) is 7.11 Å². The number of hydrogen-bond acceptors (Lipinski definition) is 3. The van der Waals surface area contributed by atoms with Gasteiger partial charge in [-0.25, -0.2) is 4.68 Å². The van der Waals surface area contributed by atoms with Crippen LogP contribution in [0.5, 0.6) is 5.75 Å². The fraction of sp³-hybridized carbons (Fsp3) is 0.444. The topological polar surface area (TPSA) is 39.9 Å². The fourth-order valence-corrected chi connectivity index (χ4v) is 3.24. The van der Waals surface area contributed by atoms with E-state index in [4.69, 9.17) is 4.74 Å². The van der Waals surface area contributed by atoms with Crippen molar-refractivity contribution in [3.05, 3.63) is 47.8 Å². The van der Waals surface area contributed by atoms with Gasteiger partial charge in [-0.05, 0) is 55.4 Å². The summed E-state index contributed by atoms with van der Waals surface area (Å²) in [5.74, 6) is 1.55. The molecule has 0 N–H and O–H groups in total. The van der Waals surface area contributed by atoms with Crippen LogP contribution in [0.1, 0.15) is 55.3 Å². The van der Waals surface area contributed by atoms with Gasteiger partial charge in [0.25, 0.3) is 0 Å². The number of aromatic nitrogens is 3. The molecule has 4 rings (SSSR count). The summed E-state index contributed by atoms with van der Waals surface area (Å²) in [5.41, 5.74) is 3.79. The van der Waals surface area contributed by atoms with Crippen molar-refractivity contribution in [1.29, 1.82) is 0 Å². The number of rotatable bonds is 4. The molecule has 2 aliphatic rings. The summed E-state index contributed by atoms with van der Waals surface area (Å²) >= 11 is 0. The monoisotopic (exact) mass is 295 g/mol. The first-order valence-corrected chi connectivity index (χ1v) is 8.11. The molecule has 4 heteroatoms. The fourth-order valence-electron chi connectivity index (χ4n) is 3.24. The lowest BCUT2D eigenvalue weighted by Gasteiger charge is -2.24. The Morgan fingerprint density at radius 3 is 2.68 bits per heavy atom. The predicted molar refractivity (Wildman–Crippen MR) is 85.9 cm³/mol. The van der Waals surface area contributed by atoms with E-state index in [1.165, 1.54) is 36.1 Å². The highest BCUT2D eigenvalue weighted by Gasteiger charge is 2.28. The van der Waals surface area contributed by atoms with Crippen LogP contribution >= 0.6 is 0 Å². The van der Waals surface area contributed by atoms with Gasteiger partial charge in [0.2, 0.25) is 0 Å². The zero-order valence-electron chi connectivity index (χ0n) is 12.9. The summed E-state index contributed by atoms with van der Waals surface area (Å²) in [6.07, 6.45) is 10.5. The maximum atomic E-state index is 5.26. The maximum absolute atomic E-state index is 5.26. The summed E-state index contributed by atoms with van der Waals surface area (Å²) < 4.78 is 7.33. The number of allylic oxidation sites excluding steroid dienone is 2. The molecule has 1 heterocycles. The van der Waals surface area contributed by atoms with Crippen LogP contribution in [0.2, 0.25) is 0 Å². The first-order valence-electron chi connectivity index (χ1n) is 8.11. The van der Waals surface area contributed by atoms with E-state index in [0.717, 1.165) is 18.6 Å². The van der Waals surface area contributed by atoms with E-state index in [2.05, 4.69) is 39.4 Å². The zero-order valence-corrected chi connectivity index (χ0v) is 12.9. The summed E-state index contributed by atoms with van der Waals surface area (Å²) in [5, 5.41) is 8.79. The second kappa shape index (κ2) is 5.59. The normalized spacial score (nSPS) is 21.5. The van der Waals surface area contributed by atoms with Crippen molar-refractivity contribution in [3.8, 4) is 5.75 Å². The van der Waals surface area contributed by atoms with Gasteiger partial charge in [-0.2, -0.15) is 0 Å². The van der Waals surface area contributed by atoms with Crippen molar-refractivity contribution in [2.24, 2.45) is 0 Å². The number of ether oxygens (including phenoxy) is 1. The highest BCUT2D eigenvalue weighted by molar-refractivity contribution is 5.69. The Hall–Kier alpha value is -2.10. The molecule has 2 aromatic rings. The second-order valence-corrected chi connectivity index (χ2v) is 6.23. The Kier molecular flexibility index (Phi) is 3.45. The Balaban J connectivity index is 1.64. The van der Waals surface area contributed by atoms with Crippen LogP contribution < -0.4 is 4.74 Å². The molecule has 1 fully saturated rings. The molecule has 1 aromatic carbocycles. The molecule has 114 valence electrons. The third-order valence-electron chi connectivity index (χ3n) is 4.67. The van der Waals surface area contributed by atoms with E-state index in [9.17, 15) is 0 Å². The van der Waals surface area contributed by atoms with Gasteiger partial charge in [0.05, 0.1) is 18.8 Å². The van der Waals surface area contributed by atoms with Crippen molar-refractivity contribution in [2.45, 2.75) is 44.1 Å².